The normalized spacial score (nSPS) is 21.9. The van der Waals surface area contributed by atoms with Crippen molar-refractivity contribution in [2.75, 3.05) is 13.1 Å². The summed E-state index contributed by atoms with van der Waals surface area (Å²) in [4.78, 5) is 2.58. The molecule has 1 saturated heterocycles. The van der Waals surface area contributed by atoms with Crippen molar-refractivity contribution in [2.24, 2.45) is 12.8 Å². The number of aromatic nitrogens is 2. The Morgan fingerprint density at radius 2 is 2.29 bits per heavy atom. The average Bonchev–Trinajstić information content (AvgIpc) is 2.64. The van der Waals surface area contributed by atoms with Crippen LogP contribution in [0.5, 0.6) is 0 Å². The van der Waals surface area contributed by atoms with Gasteiger partial charge in [-0.05, 0) is 39.3 Å². The van der Waals surface area contributed by atoms with E-state index in [1.54, 1.807) is 0 Å². The van der Waals surface area contributed by atoms with Crippen LogP contribution in [0.1, 0.15) is 36.9 Å². The summed E-state index contributed by atoms with van der Waals surface area (Å²) in [6.07, 6.45) is 7.10. The molecule has 2 heterocycles. The monoisotopic (exact) mass is 236 g/mol. The molecule has 2 rings (SSSR count). The first kappa shape index (κ1) is 12.6. The predicted octanol–water partition coefficient (Wildman–Crippen LogP) is 1.43. The summed E-state index contributed by atoms with van der Waals surface area (Å²) in [5.74, 6) is 0. The highest BCUT2D eigenvalue weighted by Crippen LogP contribution is 2.22. The first-order chi connectivity index (χ1) is 8.22. The van der Waals surface area contributed by atoms with Gasteiger partial charge in [0.2, 0.25) is 0 Å². The molecule has 1 atom stereocenters. The van der Waals surface area contributed by atoms with Crippen LogP contribution in [0.2, 0.25) is 0 Å². The first-order valence-corrected chi connectivity index (χ1v) is 6.64. The lowest BCUT2D eigenvalue weighted by atomic mass is 9.98. The molecule has 2 N–H and O–H groups in total. The molecule has 1 aliphatic rings. The van der Waals surface area contributed by atoms with Gasteiger partial charge in [-0.15, -0.1) is 0 Å². The first-order valence-electron chi connectivity index (χ1n) is 6.64. The van der Waals surface area contributed by atoms with Crippen molar-refractivity contribution in [1.29, 1.82) is 0 Å². The molecular weight excluding hydrogens is 212 g/mol. The van der Waals surface area contributed by atoms with E-state index in [1.165, 1.54) is 37.1 Å². The van der Waals surface area contributed by atoms with Crippen LogP contribution in [-0.4, -0.2) is 33.8 Å². The van der Waals surface area contributed by atoms with E-state index in [9.17, 15) is 0 Å². The molecule has 4 nitrogen and oxygen atoms in total. The lowest BCUT2D eigenvalue weighted by Crippen LogP contribution is -2.40. The minimum absolute atomic E-state index is 0.674. The lowest BCUT2D eigenvalue weighted by molar-refractivity contribution is 0.134. The Morgan fingerprint density at radius 1 is 1.47 bits per heavy atom. The molecule has 0 aliphatic carbocycles. The maximum Gasteiger partial charge on any atom is 0.0537 e. The molecule has 1 aromatic heterocycles. The third kappa shape index (κ3) is 2.87. The van der Waals surface area contributed by atoms with Crippen molar-refractivity contribution < 1.29 is 0 Å². The number of rotatable bonds is 4. The van der Waals surface area contributed by atoms with Gasteiger partial charge in [0.15, 0.2) is 0 Å². The number of likely N-dealkylation sites (tertiary alicyclic amines) is 1. The summed E-state index contributed by atoms with van der Waals surface area (Å²) in [5, 5.41) is 4.32. The van der Waals surface area contributed by atoms with Crippen molar-refractivity contribution >= 4 is 0 Å². The zero-order chi connectivity index (χ0) is 12.3. The fourth-order valence-corrected chi connectivity index (χ4v) is 2.71. The van der Waals surface area contributed by atoms with Crippen LogP contribution in [0, 0.1) is 6.92 Å². The maximum absolute atomic E-state index is 5.71. The minimum Gasteiger partial charge on any atom is -0.330 e. The summed E-state index contributed by atoms with van der Waals surface area (Å²) >= 11 is 0. The Labute approximate surface area is 104 Å². The zero-order valence-corrected chi connectivity index (χ0v) is 11.0. The Hall–Kier alpha value is -0.870. The van der Waals surface area contributed by atoms with Gasteiger partial charge in [0.05, 0.1) is 6.20 Å². The smallest absolute Gasteiger partial charge is 0.0537 e. The number of nitrogens with zero attached hydrogens (tertiary/aromatic N) is 3. The fraction of sp³-hybridized carbons (Fsp3) is 0.769. The molecule has 0 aromatic carbocycles. The number of aryl methyl sites for hydroxylation is 1. The van der Waals surface area contributed by atoms with Crippen molar-refractivity contribution in [3.63, 3.8) is 0 Å². The van der Waals surface area contributed by atoms with Crippen LogP contribution in [0.25, 0.3) is 0 Å². The highest BCUT2D eigenvalue weighted by Gasteiger charge is 2.22. The molecule has 1 unspecified atom stereocenters. The third-order valence-electron chi connectivity index (χ3n) is 3.96. The number of nitrogens with two attached hydrogens (primary N) is 1. The van der Waals surface area contributed by atoms with Gasteiger partial charge in [-0.25, -0.2) is 0 Å². The fourth-order valence-electron chi connectivity index (χ4n) is 2.71. The molecule has 0 amide bonds. The van der Waals surface area contributed by atoms with E-state index in [0.29, 0.717) is 6.04 Å². The highest BCUT2D eigenvalue weighted by molar-refractivity contribution is 5.15. The van der Waals surface area contributed by atoms with Gasteiger partial charge >= 0.3 is 0 Å². The van der Waals surface area contributed by atoms with Crippen molar-refractivity contribution in [1.82, 2.24) is 14.7 Å². The number of hydrogen-bond acceptors (Lipinski definition) is 3. The SMILES string of the molecule is Cc1c(CN2CCCCC2CCN)cnn1C. The van der Waals surface area contributed by atoms with Crippen LogP contribution in [0.3, 0.4) is 0 Å². The highest BCUT2D eigenvalue weighted by atomic mass is 15.3. The number of piperidine rings is 1. The van der Waals surface area contributed by atoms with E-state index in [1.807, 2.05) is 17.9 Å². The van der Waals surface area contributed by atoms with Crippen LogP contribution in [0.4, 0.5) is 0 Å². The number of hydrogen-bond donors (Lipinski definition) is 1. The molecule has 0 saturated carbocycles. The van der Waals surface area contributed by atoms with E-state index >= 15 is 0 Å². The summed E-state index contributed by atoms with van der Waals surface area (Å²) in [5.41, 5.74) is 8.34. The van der Waals surface area contributed by atoms with E-state index < -0.39 is 0 Å². The Kier molecular flexibility index (Phi) is 4.18. The topological polar surface area (TPSA) is 47.1 Å². The minimum atomic E-state index is 0.674. The van der Waals surface area contributed by atoms with Crippen molar-refractivity contribution in [2.45, 2.75) is 45.2 Å². The van der Waals surface area contributed by atoms with Gasteiger partial charge in [0.1, 0.15) is 0 Å². The maximum atomic E-state index is 5.71. The van der Waals surface area contributed by atoms with Gasteiger partial charge in [0, 0.05) is 30.9 Å². The van der Waals surface area contributed by atoms with E-state index in [2.05, 4.69) is 16.9 Å². The molecule has 1 fully saturated rings. The van der Waals surface area contributed by atoms with Crippen molar-refractivity contribution in [3.05, 3.63) is 17.5 Å². The Morgan fingerprint density at radius 3 is 2.94 bits per heavy atom. The molecule has 96 valence electrons. The molecule has 0 bridgehead atoms. The van der Waals surface area contributed by atoms with Crippen molar-refractivity contribution in [3.8, 4) is 0 Å². The van der Waals surface area contributed by atoms with Gasteiger partial charge in [0.25, 0.3) is 0 Å². The second-order valence-corrected chi connectivity index (χ2v) is 5.08. The summed E-state index contributed by atoms with van der Waals surface area (Å²) in [7, 11) is 2.01. The van der Waals surface area contributed by atoms with E-state index in [4.69, 9.17) is 5.73 Å². The summed E-state index contributed by atoms with van der Waals surface area (Å²) in [6.45, 7) is 5.18. The summed E-state index contributed by atoms with van der Waals surface area (Å²) in [6, 6.07) is 0.674. The molecule has 1 aromatic rings. The Balaban J connectivity index is 2.02. The zero-order valence-electron chi connectivity index (χ0n) is 11.0. The predicted molar refractivity (Wildman–Crippen MR) is 69.7 cm³/mol. The van der Waals surface area contributed by atoms with Crippen LogP contribution < -0.4 is 5.73 Å². The van der Waals surface area contributed by atoms with Gasteiger partial charge < -0.3 is 5.73 Å². The Bertz CT molecular complexity index is 356. The molecular formula is C13H24N4. The summed E-state index contributed by atoms with van der Waals surface area (Å²) < 4.78 is 1.96. The quantitative estimate of drug-likeness (QED) is 0.860. The second-order valence-electron chi connectivity index (χ2n) is 5.08. The molecule has 0 radical (unpaired) electrons. The molecule has 17 heavy (non-hydrogen) atoms. The van der Waals surface area contributed by atoms with E-state index in [-0.39, 0.29) is 0 Å². The molecule has 4 heteroatoms. The largest absolute Gasteiger partial charge is 0.330 e. The van der Waals surface area contributed by atoms with Gasteiger partial charge in [-0.2, -0.15) is 5.10 Å². The van der Waals surface area contributed by atoms with Crippen LogP contribution >= 0.6 is 0 Å². The lowest BCUT2D eigenvalue weighted by Gasteiger charge is -2.35. The standard InChI is InChI=1S/C13H24N4/c1-11-12(9-15-16(11)2)10-17-8-4-3-5-13(17)6-7-14/h9,13H,3-8,10,14H2,1-2H3. The third-order valence-corrected chi connectivity index (χ3v) is 3.96. The van der Waals surface area contributed by atoms with E-state index in [0.717, 1.165) is 19.5 Å². The molecule has 0 spiro atoms. The van der Waals surface area contributed by atoms with Gasteiger partial charge in [-0.1, -0.05) is 6.42 Å². The van der Waals surface area contributed by atoms with Crippen LogP contribution in [0.15, 0.2) is 6.20 Å². The molecule has 1 aliphatic heterocycles. The van der Waals surface area contributed by atoms with Crippen LogP contribution in [-0.2, 0) is 13.6 Å². The second kappa shape index (κ2) is 5.65. The average molecular weight is 236 g/mol. The van der Waals surface area contributed by atoms with Gasteiger partial charge in [-0.3, -0.25) is 9.58 Å².